The Bertz CT molecular complexity index is 962. The summed E-state index contributed by atoms with van der Waals surface area (Å²) in [6.45, 7) is 2.53. The molecule has 1 aromatic heterocycles. The lowest BCUT2D eigenvalue weighted by molar-refractivity contribution is -0.113. The van der Waals surface area contributed by atoms with Crippen molar-refractivity contribution in [3.8, 4) is 5.75 Å². The third-order valence-corrected chi connectivity index (χ3v) is 6.14. The highest BCUT2D eigenvalue weighted by atomic mass is 32.2. The van der Waals surface area contributed by atoms with Crippen molar-refractivity contribution in [1.29, 1.82) is 0 Å². The molecule has 6 nitrogen and oxygen atoms in total. The molecule has 0 aliphatic heterocycles. The summed E-state index contributed by atoms with van der Waals surface area (Å²) in [5.41, 5.74) is 1.78. The Kier molecular flexibility index (Phi) is 8.15. The Hall–Kier alpha value is -2.52. The lowest BCUT2D eigenvalue weighted by atomic mass is 10.2. The van der Waals surface area contributed by atoms with Crippen LogP contribution in [0, 0.1) is 5.82 Å². The van der Waals surface area contributed by atoms with Crippen molar-refractivity contribution < 1.29 is 13.9 Å². The van der Waals surface area contributed by atoms with E-state index in [4.69, 9.17) is 4.74 Å². The summed E-state index contributed by atoms with van der Waals surface area (Å²) in [5.74, 6) is 2.94. The number of hydrogen-bond acceptors (Lipinski definition) is 6. The molecule has 0 bridgehead atoms. The Balaban J connectivity index is 1.44. The first-order valence-electron chi connectivity index (χ1n) is 9.41. The lowest BCUT2D eigenvalue weighted by Gasteiger charge is -2.07. The molecule has 0 aliphatic carbocycles. The van der Waals surface area contributed by atoms with Crippen LogP contribution in [0.25, 0.3) is 0 Å². The zero-order valence-electron chi connectivity index (χ0n) is 16.8. The average Bonchev–Trinajstić information content (AvgIpc) is 3.09. The summed E-state index contributed by atoms with van der Waals surface area (Å²) in [5, 5.41) is 11.9. The zero-order chi connectivity index (χ0) is 21.3. The molecule has 158 valence electrons. The van der Waals surface area contributed by atoms with Crippen molar-refractivity contribution in [3.63, 3.8) is 0 Å². The van der Waals surface area contributed by atoms with E-state index in [2.05, 4.69) is 15.5 Å². The number of amides is 1. The minimum atomic E-state index is -0.231. The van der Waals surface area contributed by atoms with Gasteiger partial charge in [-0.15, -0.1) is 22.0 Å². The summed E-state index contributed by atoms with van der Waals surface area (Å²) in [4.78, 5) is 12.2. The predicted octanol–water partition coefficient (Wildman–Crippen LogP) is 4.52. The van der Waals surface area contributed by atoms with E-state index >= 15 is 0 Å². The molecule has 30 heavy (non-hydrogen) atoms. The fraction of sp³-hybridized carbons (Fsp3) is 0.286. The van der Waals surface area contributed by atoms with Gasteiger partial charge in [-0.1, -0.05) is 23.9 Å². The maximum absolute atomic E-state index is 13.0. The predicted molar refractivity (Wildman–Crippen MR) is 119 cm³/mol. The van der Waals surface area contributed by atoms with Gasteiger partial charge in [-0.3, -0.25) is 4.79 Å². The van der Waals surface area contributed by atoms with Crippen LogP contribution in [-0.4, -0.2) is 33.0 Å². The Labute approximate surface area is 183 Å². The molecule has 9 heteroatoms. The molecule has 0 unspecified atom stereocenters. The van der Waals surface area contributed by atoms with Gasteiger partial charge in [0.2, 0.25) is 5.91 Å². The number of ether oxygens (including phenoxy) is 1. The number of nitrogens with zero attached hydrogens (tertiary/aromatic N) is 3. The van der Waals surface area contributed by atoms with E-state index in [1.165, 1.54) is 23.9 Å². The number of hydrogen-bond donors (Lipinski definition) is 1. The van der Waals surface area contributed by atoms with Crippen LogP contribution in [0.15, 0.2) is 53.7 Å². The Morgan fingerprint density at radius 1 is 1.10 bits per heavy atom. The molecule has 3 rings (SSSR count). The van der Waals surface area contributed by atoms with Gasteiger partial charge in [-0.25, -0.2) is 4.39 Å². The normalized spacial score (nSPS) is 10.8. The van der Waals surface area contributed by atoms with Gasteiger partial charge in [0.25, 0.3) is 0 Å². The summed E-state index contributed by atoms with van der Waals surface area (Å²) in [6.07, 6.45) is 0. The summed E-state index contributed by atoms with van der Waals surface area (Å²) in [7, 11) is 1.89. The second-order valence-corrected chi connectivity index (χ2v) is 8.30. The number of rotatable bonds is 10. The largest absolute Gasteiger partial charge is 0.494 e. The first kappa shape index (κ1) is 22.2. The lowest BCUT2D eigenvalue weighted by Crippen LogP contribution is -2.14. The van der Waals surface area contributed by atoms with Crippen molar-refractivity contribution >= 4 is 35.1 Å². The summed E-state index contributed by atoms with van der Waals surface area (Å²) in [6, 6.07) is 13.8. The second kappa shape index (κ2) is 11.0. The maximum atomic E-state index is 13.0. The van der Waals surface area contributed by atoms with Crippen molar-refractivity contribution in [2.75, 3.05) is 17.7 Å². The van der Waals surface area contributed by atoms with E-state index in [1.54, 1.807) is 23.9 Å². The molecule has 3 aromatic rings. The fourth-order valence-corrected chi connectivity index (χ4v) is 4.26. The number of halogens is 1. The SMILES string of the molecule is CCOc1ccc(NC(=O)CSc2nnc(CSCc3ccc(F)cc3)n2C)cc1. The van der Waals surface area contributed by atoms with Crippen molar-refractivity contribution in [2.45, 2.75) is 23.6 Å². The van der Waals surface area contributed by atoms with Crippen LogP contribution in [0.4, 0.5) is 10.1 Å². The van der Waals surface area contributed by atoms with E-state index in [1.807, 2.05) is 42.8 Å². The topological polar surface area (TPSA) is 69.0 Å². The van der Waals surface area contributed by atoms with E-state index in [0.29, 0.717) is 17.5 Å². The fourth-order valence-electron chi connectivity index (χ4n) is 2.57. The van der Waals surface area contributed by atoms with Crippen LogP contribution < -0.4 is 10.1 Å². The molecule has 1 heterocycles. The molecule has 0 saturated carbocycles. The molecular formula is C21H23FN4O2S2. The van der Waals surface area contributed by atoms with Crippen LogP contribution in [-0.2, 0) is 23.3 Å². The van der Waals surface area contributed by atoms with E-state index in [9.17, 15) is 9.18 Å². The van der Waals surface area contributed by atoms with Gasteiger partial charge in [-0.2, -0.15) is 0 Å². The van der Waals surface area contributed by atoms with Crippen LogP contribution in [0.5, 0.6) is 5.75 Å². The highest BCUT2D eigenvalue weighted by Crippen LogP contribution is 2.21. The minimum absolute atomic E-state index is 0.112. The first-order chi connectivity index (χ1) is 14.5. The molecule has 0 spiro atoms. The second-order valence-electron chi connectivity index (χ2n) is 6.37. The smallest absolute Gasteiger partial charge is 0.234 e. The third kappa shape index (κ3) is 6.50. The molecular weight excluding hydrogens is 423 g/mol. The van der Waals surface area contributed by atoms with Crippen molar-refractivity contribution in [2.24, 2.45) is 7.05 Å². The van der Waals surface area contributed by atoms with E-state index in [0.717, 1.165) is 28.6 Å². The van der Waals surface area contributed by atoms with Crippen molar-refractivity contribution in [1.82, 2.24) is 14.8 Å². The number of aromatic nitrogens is 3. The molecule has 0 aliphatic rings. The first-order valence-corrected chi connectivity index (χ1v) is 11.5. The highest BCUT2D eigenvalue weighted by Gasteiger charge is 2.12. The van der Waals surface area contributed by atoms with Crippen LogP contribution in [0.2, 0.25) is 0 Å². The molecule has 0 saturated heterocycles. The minimum Gasteiger partial charge on any atom is -0.494 e. The molecule has 0 fully saturated rings. The van der Waals surface area contributed by atoms with Crippen LogP contribution >= 0.6 is 23.5 Å². The van der Waals surface area contributed by atoms with Gasteiger partial charge < -0.3 is 14.6 Å². The third-order valence-electron chi connectivity index (χ3n) is 4.12. The zero-order valence-corrected chi connectivity index (χ0v) is 18.4. The van der Waals surface area contributed by atoms with Crippen LogP contribution in [0.3, 0.4) is 0 Å². The van der Waals surface area contributed by atoms with Gasteiger partial charge >= 0.3 is 0 Å². The van der Waals surface area contributed by atoms with Gasteiger partial charge in [0.1, 0.15) is 17.4 Å². The Morgan fingerprint density at radius 2 is 1.83 bits per heavy atom. The molecule has 1 N–H and O–H groups in total. The van der Waals surface area contributed by atoms with E-state index < -0.39 is 0 Å². The van der Waals surface area contributed by atoms with Crippen molar-refractivity contribution in [3.05, 3.63) is 65.7 Å². The molecule has 0 atom stereocenters. The monoisotopic (exact) mass is 446 g/mol. The van der Waals surface area contributed by atoms with Gasteiger partial charge in [0, 0.05) is 18.5 Å². The number of nitrogens with one attached hydrogen (secondary N) is 1. The number of anilines is 1. The summed E-state index contributed by atoms with van der Waals surface area (Å²) >= 11 is 3.02. The van der Waals surface area contributed by atoms with Gasteiger partial charge in [0.15, 0.2) is 5.16 Å². The highest BCUT2D eigenvalue weighted by molar-refractivity contribution is 7.99. The standard InChI is InChI=1S/C21H23FN4O2S2/c1-3-28-18-10-8-17(9-11-18)23-20(27)14-30-21-25-24-19(26(21)2)13-29-12-15-4-6-16(22)7-5-15/h4-11H,3,12-14H2,1-2H3,(H,23,27). The van der Waals surface area contributed by atoms with Gasteiger partial charge in [-0.05, 0) is 48.9 Å². The molecule has 1 amide bonds. The quantitative estimate of drug-likeness (QED) is 0.462. The molecule has 0 radical (unpaired) electrons. The maximum Gasteiger partial charge on any atom is 0.234 e. The number of carbonyl (C=O) groups is 1. The summed E-state index contributed by atoms with van der Waals surface area (Å²) < 4.78 is 20.2. The van der Waals surface area contributed by atoms with Gasteiger partial charge in [0.05, 0.1) is 18.1 Å². The van der Waals surface area contributed by atoms with Crippen LogP contribution in [0.1, 0.15) is 18.3 Å². The van der Waals surface area contributed by atoms with E-state index in [-0.39, 0.29) is 17.5 Å². The average molecular weight is 447 g/mol. The number of carbonyl (C=O) groups excluding carboxylic acids is 1. The number of benzene rings is 2. The molecule has 2 aromatic carbocycles. The number of thioether (sulfide) groups is 2. The Morgan fingerprint density at radius 3 is 2.53 bits per heavy atom.